The van der Waals surface area contributed by atoms with Crippen LogP contribution < -0.4 is 0 Å². The van der Waals surface area contributed by atoms with Gasteiger partial charge < -0.3 is 9.84 Å². The zero-order chi connectivity index (χ0) is 9.47. The van der Waals surface area contributed by atoms with Gasteiger partial charge in [0.1, 0.15) is 11.4 Å². The highest BCUT2D eigenvalue weighted by Gasteiger charge is 2.49. The van der Waals surface area contributed by atoms with E-state index in [1.54, 1.807) is 0 Å². The Morgan fingerprint density at radius 1 is 1.62 bits per heavy atom. The second-order valence-electron chi connectivity index (χ2n) is 4.53. The predicted molar refractivity (Wildman–Crippen MR) is 51.2 cm³/mol. The Morgan fingerprint density at radius 3 is 2.77 bits per heavy atom. The Hall–Kier alpha value is -0.500. The summed E-state index contributed by atoms with van der Waals surface area (Å²) in [4.78, 5) is 0. The van der Waals surface area contributed by atoms with E-state index in [1.807, 2.05) is 6.92 Å². The summed E-state index contributed by atoms with van der Waals surface area (Å²) in [6.45, 7) is 4.84. The molecule has 1 aliphatic heterocycles. The number of hydrogen-bond donors (Lipinski definition) is 1. The minimum Gasteiger partial charge on any atom is -0.495 e. The molecule has 2 aliphatic rings. The number of ether oxygens (including phenoxy) is 1. The summed E-state index contributed by atoms with van der Waals surface area (Å²) in [5.74, 6) is 1.88. The van der Waals surface area contributed by atoms with Gasteiger partial charge in [-0.25, -0.2) is 0 Å². The minimum absolute atomic E-state index is 0.414. The van der Waals surface area contributed by atoms with E-state index < -0.39 is 5.60 Å². The van der Waals surface area contributed by atoms with E-state index in [0.717, 1.165) is 31.6 Å². The summed E-state index contributed by atoms with van der Waals surface area (Å²) in [6.07, 6.45) is 5.31. The van der Waals surface area contributed by atoms with Crippen molar-refractivity contribution in [3.8, 4) is 0 Å². The lowest BCUT2D eigenvalue weighted by Gasteiger charge is -2.29. The summed E-state index contributed by atoms with van der Waals surface area (Å²) in [7, 11) is 0. The Labute approximate surface area is 79.6 Å². The van der Waals surface area contributed by atoms with E-state index in [-0.39, 0.29) is 0 Å². The molecule has 1 saturated carbocycles. The first-order chi connectivity index (χ1) is 6.12. The van der Waals surface area contributed by atoms with Crippen LogP contribution in [0.4, 0.5) is 0 Å². The van der Waals surface area contributed by atoms with Crippen LogP contribution in [0.1, 0.15) is 33.1 Å². The summed E-state index contributed by atoms with van der Waals surface area (Å²) in [5.41, 5.74) is -0.708. The average molecular weight is 182 g/mol. The SMILES string of the molecule is CC1CC1C(C)(O)C1=CCCCO1. The molecule has 3 atom stereocenters. The number of rotatable bonds is 2. The fourth-order valence-electron chi connectivity index (χ4n) is 2.20. The Balaban J connectivity index is 2.09. The molecule has 2 nitrogen and oxygen atoms in total. The molecule has 0 radical (unpaired) electrons. The van der Waals surface area contributed by atoms with Crippen molar-refractivity contribution in [2.24, 2.45) is 11.8 Å². The van der Waals surface area contributed by atoms with Gasteiger partial charge >= 0.3 is 0 Å². The van der Waals surface area contributed by atoms with Gasteiger partial charge in [0, 0.05) is 0 Å². The van der Waals surface area contributed by atoms with Gasteiger partial charge in [-0.05, 0) is 44.1 Å². The second-order valence-corrected chi connectivity index (χ2v) is 4.53. The van der Waals surface area contributed by atoms with Crippen molar-refractivity contribution in [3.63, 3.8) is 0 Å². The molecule has 3 unspecified atom stereocenters. The molecule has 0 aromatic rings. The molecule has 1 heterocycles. The highest BCUT2D eigenvalue weighted by Crippen LogP contribution is 2.49. The Morgan fingerprint density at radius 2 is 2.31 bits per heavy atom. The van der Waals surface area contributed by atoms with Gasteiger partial charge in [-0.1, -0.05) is 6.92 Å². The zero-order valence-corrected chi connectivity index (χ0v) is 8.42. The van der Waals surface area contributed by atoms with Gasteiger partial charge in [0.2, 0.25) is 0 Å². The second kappa shape index (κ2) is 3.02. The van der Waals surface area contributed by atoms with E-state index in [9.17, 15) is 5.11 Å². The Bertz CT molecular complexity index is 230. The summed E-state index contributed by atoms with van der Waals surface area (Å²) in [6, 6.07) is 0. The molecular formula is C11H18O2. The highest BCUT2D eigenvalue weighted by atomic mass is 16.5. The molecule has 2 rings (SSSR count). The first-order valence-electron chi connectivity index (χ1n) is 5.18. The maximum Gasteiger partial charge on any atom is 0.124 e. The monoisotopic (exact) mass is 182 g/mol. The Kier molecular flexibility index (Phi) is 2.11. The molecule has 2 heteroatoms. The van der Waals surface area contributed by atoms with Gasteiger partial charge in [-0.15, -0.1) is 0 Å². The van der Waals surface area contributed by atoms with Crippen molar-refractivity contribution in [1.82, 2.24) is 0 Å². The van der Waals surface area contributed by atoms with E-state index in [0.29, 0.717) is 11.8 Å². The molecule has 0 bridgehead atoms. The van der Waals surface area contributed by atoms with Gasteiger partial charge in [0.05, 0.1) is 6.61 Å². The quantitative estimate of drug-likeness (QED) is 0.708. The largest absolute Gasteiger partial charge is 0.495 e. The first-order valence-corrected chi connectivity index (χ1v) is 5.18. The van der Waals surface area contributed by atoms with Crippen LogP contribution in [-0.4, -0.2) is 17.3 Å². The molecule has 0 aromatic carbocycles. The molecule has 13 heavy (non-hydrogen) atoms. The van der Waals surface area contributed by atoms with Crippen molar-refractivity contribution < 1.29 is 9.84 Å². The number of allylic oxidation sites excluding steroid dienone is 1. The van der Waals surface area contributed by atoms with Crippen LogP contribution in [0.25, 0.3) is 0 Å². The molecule has 74 valence electrons. The van der Waals surface area contributed by atoms with Crippen LogP contribution in [0, 0.1) is 11.8 Å². The third kappa shape index (κ3) is 1.60. The molecular weight excluding hydrogens is 164 g/mol. The van der Waals surface area contributed by atoms with Crippen LogP contribution in [-0.2, 0) is 4.74 Å². The fraction of sp³-hybridized carbons (Fsp3) is 0.818. The lowest BCUT2D eigenvalue weighted by atomic mass is 9.94. The normalized spacial score (nSPS) is 37.3. The van der Waals surface area contributed by atoms with Crippen molar-refractivity contribution in [3.05, 3.63) is 11.8 Å². The van der Waals surface area contributed by atoms with Crippen molar-refractivity contribution in [2.75, 3.05) is 6.61 Å². The van der Waals surface area contributed by atoms with Crippen LogP contribution in [0.15, 0.2) is 11.8 Å². The van der Waals surface area contributed by atoms with Gasteiger partial charge in [-0.3, -0.25) is 0 Å². The smallest absolute Gasteiger partial charge is 0.124 e. The average Bonchev–Trinajstić information content (AvgIpc) is 2.85. The van der Waals surface area contributed by atoms with E-state index in [4.69, 9.17) is 4.74 Å². The topological polar surface area (TPSA) is 29.5 Å². The maximum atomic E-state index is 10.3. The lowest BCUT2D eigenvalue weighted by molar-refractivity contribution is -0.00157. The molecule has 0 aromatic heterocycles. The summed E-state index contributed by atoms with van der Waals surface area (Å²) in [5, 5.41) is 10.3. The van der Waals surface area contributed by atoms with E-state index >= 15 is 0 Å². The summed E-state index contributed by atoms with van der Waals surface area (Å²) >= 11 is 0. The zero-order valence-electron chi connectivity index (χ0n) is 8.42. The highest BCUT2D eigenvalue weighted by molar-refractivity contribution is 5.16. The standard InChI is InChI=1S/C11H18O2/c1-8-7-9(8)11(2,12)10-5-3-4-6-13-10/h5,8-9,12H,3-4,6-7H2,1-2H3. The van der Waals surface area contributed by atoms with Crippen molar-refractivity contribution >= 4 is 0 Å². The van der Waals surface area contributed by atoms with Crippen molar-refractivity contribution in [1.29, 1.82) is 0 Å². The summed E-state index contributed by atoms with van der Waals surface area (Å²) < 4.78 is 5.50. The van der Waals surface area contributed by atoms with Crippen LogP contribution >= 0.6 is 0 Å². The third-order valence-electron chi connectivity index (χ3n) is 3.27. The van der Waals surface area contributed by atoms with E-state index in [1.165, 1.54) is 0 Å². The molecule has 0 saturated heterocycles. The third-order valence-corrected chi connectivity index (χ3v) is 3.27. The number of aliphatic hydroxyl groups is 1. The van der Waals surface area contributed by atoms with Crippen molar-refractivity contribution in [2.45, 2.75) is 38.7 Å². The van der Waals surface area contributed by atoms with Crippen LogP contribution in [0.5, 0.6) is 0 Å². The number of hydrogen-bond acceptors (Lipinski definition) is 2. The molecule has 1 N–H and O–H groups in total. The van der Waals surface area contributed by atoms with Gasteiger partial charge in [-0.2, -0.15) is 0 Å². The fourth-order valence-corrected chi connectivity index (χ4v) is 2.20. The minimum atomic E-state index is -0.708. The van der Waals surface area contributed by atoms with Gasteiger partial charge in [0.25, 0.3) is 0 Å². The van der Waals surface area contributed by atoms with E-state index in [2.05, 4.69) is 13.0 Å². The van der Waals surface area contributed by atoms with Gasteiger partial charge in [0.15, 0.2) is 0 Å². The van der Waals surface area contributed by atoms with Crippen LogP contribution in [0.3, 0.4) is 0 Å². The van der Waals surface area contributed by atoms with Crippen LogP contribution in [0.2, 0.25) is 0 Å². The molecule has 0 spiro atoms. The first kappa shape index (κ1) is 9.07. The lowest BCUT2D eigenvalue weighted by Crippen LogP contribution is -2.33. The molecule has 1 aliphatic carbocycles. The maximum absolute atomic E-state index is 10.3. The predicted octanol–water partition coefficient (Wildman–Crippen LogP) is 2.09. The molecule has 0 amide bonds. The molecule has 1 fully saturated rings.